The van der Waals surface area contributed by atoms with Crippen LogP contribution < -0.4 is 0 Å². The second-order valence-electron chi connectivity index (χ2n) is 4.69. The van der Waals surface area contributed by atoms with Gasteiger partial charge in [-0.3, -0.25) is 0 Å². The van der Waals surface area contributed by atoms with Crippen molar-refractivity contribution in [2.24, 2.45) is 0 Å². The molecule has 1 nitrogen and oxygen atoms in total. The minimum atomic E-state index is -1.63. The number of rotatable bonds is 2. The Bertz CT molecular complexity index is 183. The largest absolute Gasteiger partial charge is 0.404 e. The Morgan fingerprint density at radius 2 is 1.75 bits per heavy atom. The van der Waals surface area contributed by atoms with E-state index >= 15 is 0 Å². The summed E-state index contributed by atoms with van der Waals surface area (Å²) in [5, 5.41) is 0.248. The van der Waals surface area contributed by atoms with Crippen LogP contribution in [-0.4, -0.2) is 14.4 Å². The molecule has 0 N–H and O–H groups in total. The van der Waals surface area contributed by atoms with Gasteiger partial charge in [-0.1, -0.05) is 26.7 Å². The monoisotopic (exact) mass is 184 g/mol. The van der Waals surface area contributed by atoms with Crippen LogP contribution in [0, 0.1) is 12.3 Å². The molecule has 0 spiro atoms. The van der Waals surface area contributed by atoms with Gasteiger partial charge in [-0.05, 0) is 25.1 Å². The molecule has 2 heteroatoms. The summed E-state index contributed by atoms with van der Waals surface area (Å²) >= 11 is 0. The zero-order valence-electron chi connectivity index (χ0n) is 9.06. The Kier molecular flexibility index (Phi) is 3.55. The van der Waals surface area contributed by atoms with Gasteiger partial charge < -0.3 is 4.43 Å². The van der Waals surface area contributed by atoms with Crippen molar-refractivity contribution in [3.05, 3.63) is 0 Å². The molecule has 0 radical (unpaired) electrons. The van der Waals surface area contributed by atoms with Gasteiger partial charge in [0.25, 0.3) is 0 Å². The first-order chi connectivity index (χ1) is 5.20. The maximum atomic E-state index is 5.85. The van der Waals surface area contributed by atoms with Crippen LogP contribution in [0.25, 0.3) is 0 Å². The van der Waals surface area contributed by atoms with E-state index in [-0.39, 0.29) is 11.1 Å². The van der Waals surface area contributed by atoms with Crippen molar-refractivity contribution < 1.29 is 4.43 Å². The summed E-state index contributed by atoms with van der Waals surface area (Å²) in [5.74, 6) is 2.61. The highest BCUT2D eigenvalue weighted by Crippen LogP contribution is 2.37. The highest BCUT2D eigenvalue weighted by Gasteiger charge is 2.38. The molecular weight excluding hydrogens is 164 g/mol. The molecule has 0 aliphatic carbocycles. The fourth-order valence-corrected chi connectivity index (χ4v) is 1.96. The normalized spacial score (nSPS) is 15.4. The van der Waals surface area contributed by atoms with Crippen molar-refractivity contribution in [1.82, 2.24) is 0 Å². The summed E-state index contributed by atoms with van der Waals surface area (Å²) < 4.78 is 5.85. The van der Waals surface area contributed by atoms with E-state index in [2.05, 4.69) is 39.8 Å². The third-order valence-corrected chi connectivity index (χ3v) is 7.07. The van der Waals surface area contributed by atoms with Crippen LogP contribution in [0.15, 0.2) is 0 Å². The summed E-state index contributed by atoms with van der Waals surface area (Å²) in [4.78, 5) is 0. The molecule has 0 unspecified atom stereocenters. The maximum Gasteiger partial charge on any atom is 0.193 e. The van der Waals surface area contributed by atoms with Gasteiger partial charge in [0.2, 0.25) is 0 Å². The summed E-state index contributed by atoms with van der Waals surface area (Å²) in [7, 11) is -1.63. The molecule has 0 amide bonds. The molecule has 0 heterocycles. The molecule has 12 heavy (non-hydrogen) atoms. The van der Waals surface area contributed by atoms with Crippen LogP contribution in [0.4, 0.5) is 0 Å². The lowest BCUT2D eigenvalue weighted by atomic mass is 10.2. The third-order valence-electron chi connectivity index (χ3n) is 2.51. The molecule has 0 aromatic rings. The minimum absolute atomic E-state index is 0.0501. The van der Waals surface area contributed by atoms with Crippen molar-refractivity contribution in [3.63, 3.8) is 0 Å². The summed E-state index contributed by atoms with van der Waals surface area (Å²) in [6, 6.07) is 0. The van der Waals surface area contributed by atoms with Gasteiger partial charge in [0.05, 0.1) is 0 Å². The van der Waals surface area contributed by atoms with Gasteiger partial charge in [-0.2, -0.15) is 0 Å². The number of hydrogen-bond acceptors (Lipinski definition) is 1. The average molecular weight is 184 g/mol. The first kappa shape index (κ1) is 11.7. The van der Waals surface area contributed by atoms with E-state index in [9.17, 15) is 0 Å². The van der Waals surface area contributed by atoms with Gasteiger partial charge in [0.15, 0.2) is 8.32 Å². The Balaban J connectivity index is 4.35. The summed E-state index contributed by atoms with van der Waals surface area (Å²) in [5.41, 5.74) is 0. The van der Waals surface area contributed by atoms with Crippen molar-refractivity contribution in [1.29, 1.82) is 0 Å². The van der Waals surface area contributed by atoms with Crippen LogP contribution >= 0.6 is 0 Å². The Labute approximate surface area is 77.6 Å². The first-order valence-corrected chi connectivity index (χ1v) is 7.25. The third kappa shape index (κ3) is 3.00. The Morgan fingerprint density at radius 3 is 2.00 bits per heavy atom. The lowest BCUT2D eigenvalue weighted by Crippen LogP contribution is -2.42. The number of terminal acetylenes is 1. The predicted octanol–water partition coefficient (Wildman–Crippen LogP) is 3.03. The van der Waals surface area contributed by atoms with Gasteiger partial charge >= 0.3 is 0 Å². The molecule has 0 saturated heterocycles. The second-order valence-corrected chi connectivity index (χ2v) is 9.44. The molecule has 0 bridgehead atoms. The molecule has 0 aromatic heterocycles. The predicted molar refractivity (Wildman–Crippen MR) is 56.6 cm³/mol. The van der Waals surface area contributed by atoms with Crippen LogP contribution in [-0.2, 0) is 4.43 Å². The van der Waals surface area contributed by atoms with Gasteiger partial charge in [0.1, 0.15) is 6.10 Å². The van der Waals surface area contributed by atoms with Crippen LogP contribution in [0.1, 0.15) is 27.7 Å². The van der Waals surface area contributed by atoms with Crippen LogP contribution in [0.2, 0.25) is 18.1 Å². The maximum absolute atomic E-state index is 5.85. The first-order valence-electron chi connectivity index (χ1n) is 4.34. The van der Waals surface area contributed by atoms with Gasteiger partial charge in [0, 0.05) is 0 Å². The lowest BCUT2D eigenvalue weighted by molar-refractivity contribution is 0.252. The lowest BCUT2D eigenvalue weighted by Gasteiger charge is -2.37. The zero-order valence-corrected chi connectivity index (χ0v) is 10.1. The SMILES string of the molecule is C#C[C@H](C)O[Si](C)(C)C(C)(C)C. The molecule has 0 fully saturated rings. The van der Waals surface area contributed by atoms with Crippen LogP contribution in [0.3, 0.4) is 0 Å². The van der Waals surface area contributed by atoms with E-state index in [0.717, 1.165) is 0 Å². The quantitative estimate of drug-likeness (QED) is 0.473. The Hall–Kier alpha value is -0.263. The van der Waals surface area contributed by atoms with Crippen molar-refractivity contribution in [2.45, 2.75) is 51.9 Å². The van der Waals surface area contributed by atoms with Gasteiger partial charge in [-0.25, -0.2) is 0 Å². The molecule has 0 aromatic carbocycles. The number of hydrogen-bond donors (Lipinski definition) is 0. The van der Waals surface area contributed by atoms with E-state index in [1.807, 2.05) is 6.92 Å². The van der Waals surface area contributed by atoms with Gasteiger partial charge in [-0.15, -0.1) is 6.42 Å². The van der Waals surface area contributed by atoms with E-state index < -0.39 is 8.32 Å². The topological polar surface area (TPSA) is 9.23 Å². The van der Waals surface area contributed by atoms with Crippen molar-refractivity contribution in [2.75, 3.05) is 0 Å². The molecule has 0 saturated carbocycles. The van der Waals surface area contributed by atoms with E-state index in [0.29, 0.717) is 0 Å². The zero-order chi connectivity index (χ0) is 9.99. The summed E-state index contributed by atoms with van der Waals surface area (Å²) in [6.07, 6.45) is 5.22. The second kappa shape index (κ2) is 3.63. The molecule has 1 atom stereocenters. The highest BCUT2D eigenvalue weighted by molar-refractivity contribution is 6.74. The van der Waals surface area contributed by atoms with E-state index in [1.165, 1.54) is 0 Å². The average Bonchev–Trinajstić information content (AvgIpc) is 1.84. The molecule has 0 aliphatic heterocycles. The smallest absolute Gasteiger partial charge is 0.193 e. The van der Waals surface area contributed by atoms with Crippen molar-refractivity contribution in [3.8, 4) is 12.3 Å². The fraction of sp³-hybridized carbons (Fsp3) is 0.800. The molecule has 0 aliphatic rings. The summed E-state index contributed by atoms with van der Waals surface area (Å²) in [6.45, 7) is 13.0. The highest BCUT2D eigenvalue weighted by atomic mass is 28.4. The Morgan fingerprint density at radius 1 is 1.33 bits per heavy atom. The van der Waals surface area contributed by atoms with E-state index in [1.54, 1.807) is 0 Å². The minimum Gasteiger partial charge on any atom is -0.404 e. The van der Waals surface area contributed by atoms with Crippen LogP contribution in [0.5, 0.6) is 0 Å². The fourth-order valence-electron chi connectivity index (χ4n) is 0.653. The molecule has 0 rings (SSSR count). The molecular formula is C10H20OSi. The standard InChI is InChI=1S/C10H20OSi/c1-8-9(2)11-12(6,7)10(3,4)5/h1,9H,2-7H3/t9-/m0/s1. The van der Waals surface area contributed by atoms with Crippen molar-refractivity contribution >= 4 is 8.32 Å². The molecule has 70 valence electrons. The van der Waals surface area contributed by atoms with E-state index in [4.69, 9.17) is 10.8 Å².